The van der Waals surface area contributed by atoms with Crippen molar-refractivity contribution in [3.8, 4) is 5.75 Å². The largest absolute Gasteiger partial charge is 0.482 e. The summed E-state index contributed by atoms with van der Waals surface area (Å²) in [6.07, 6.45) is 9.86. The number of nitrogens with two attached hydrogens (primary N) is 1. The highest BCUT2D eigenvalue weighted by molar-refractivity contribution is 5.88. The van der Waals surface area contributed by atoms with E-state index in [-0.39, 0.29) is 24.6 Å². The fourth-order valence-corrected chi connectivity index (χ4v) is 8.43. The van der Waals surface area contributed by atoms with Crippen LogP contribution in [0.1, 0.15) is 90.2 Å². The van der Waals surface area contributed by atoms with Crippen molar-refractivity contribution in [1.82, 2.24) is 15.5 Å². The Kier molecular flexibility index (Phi) is 10.4. The van der Waals surface area contributed by atoms with E-state index in [9.17, 15) is 19.5 Å². The molecule has 3 aliphatic heterocycles. The highest BCUT2D eigenvalue weighted by atomic mass is 16.6. The lowest BCUT2D eigenvalue weighted by molar-refractivity contribution is -0.174. The van der Waals surface area contributed by atoms with Crippen molar-refractivity contribution < 1.29 is 28.6 Å². The van der Waals surface area contributed by atoms with Crippen molar-refractivity contribution in [1.29, 1.82) is 0 Å². The van der Waals surface area contributed by atoms with Crippen LogP contribution < -0.4 is 26.7 Å². The highest BCUT2D eigenvalue weighted by Gasteiger charge is 2.55. The van der Waals surface area contributed by atoms with E-state index in [2.05, 4.69) is 10.6 Å². The van der Waals surface area contributed by atoms with Crippen molar-refractivity contribution in [3.63, 3.8) is 0 Å². The summed E-state index contributed by atoms with van der Waals surface area (Å²) in [6, 6.07) is 5.73. The molecule has 1 atom stereocenters. The van der Waals surface area contributed by atoms with Crippen LogP contribution in [0.15, 0.2) is 62.1 Å². The molecule has 1 saturated carbocycles. The van der Waals surface area contributed by atoms with Crippen LogP contribution in [-0.4, -0.2) is 72.9 Å². The number of allylic oxidation sites excluding steroid dienone is 2. The molecule has 1 unspecified atom stereocenters. The van der Waals surface area contributed by atoms with Crippen molar-refractivity contribution in [2.45, 2.75) is 102 Å². The molecule has 2 aromatic rings. The Hall–Kier alpha value is -4.09. The van der Waals surface area contributed by atoms with Crippen molar-refractivity contribution in [2.24, 2.45) is 11.7 Å². The van der Waals surface area contributed by atoms with E-state index in [1.165, 1.54) is 0 Å². The molecule has 1 amide bonds. The van der Waals surface area contributed by atoms with E-state index in [4.69, 9.17) is 19.6 Å². The van der Waals surface area contributed by atoms with Crippen LogP contribution >= 0.6 is 0 Å². The van der Waals surface area contributed by atoms with Gasteiger partial charge in [0, 0.05) is 79.5 Å². The van der Waals surface area contributed by atoms with E-state index in [1.807, 2.05) is 44.0 Å². The molecule has 0 spiro atoms. The number of benzene rings is 1. The van der Waals surface area contributed by atoms with Gasteiger partial charge < -0.3 is 40.3 Å². The topological polar surface area (TPSA) is 156 Å². The first-order valence-electron chi connectivity index (χ1n) is 18.4. The second-order valence-electron chi connectivity index (χ2n) is 15.6. The fraction of sp³-hybridized carbons (Fsp3) is 0.575. The van der Waals surface area contributed by atoms with Gasteiger partial charge in [0.25, 0.3) is 0 Å². The molecular weight excluding hydrogens is 648 g/mol. The molecule has 0 radical (unpaired) electrons. The predicted octanol–water partition coefficient (Wildman–Crippen LogP) is 4.50. The third-order valence-electron chi connectivity index (χ3n) is 11.8. The monoisotopic (exact) mass is 702 g/mol. The van der Waals surface area contributed by atoms with Crippen LogP contribution in [0.5, 0.6) is 5.75 Å². The van der Waals surface area contributed by atoms with Gasteiger partial charge in [-0.25, -0.2) is 9.59 Å². The van der Waals surface area contributed by atoms with Gasteiger partial charge in [0.15, 0.2) is 5.60 Å². The molecule has 6 rings (SSSR count). The lowest BCUT2D eigenvalue weighted by Gasteiger charge is -2.43. The number of aliphatic hydroxyl groups excluding tert-OH is 1. The molecule has 276 valence electrons. The number of ether oxygens (including phenoxy) is 2. The molecule has 1 aromatic heterocycles. The zero-order valence-corrected chi connectivity index (χ0v) is 30.8. The first kappa shape index (κ1) is 36.7. The van der Waals surface area contributed by atoms with Gasteiger partial charge in [-0.3, -0.25) is 4.79 Å². The molecular formula is C40H54N4O7. The number of amides is 1. The van der Waals surface area contributed by atoms with Crippen LogP contribution in [-0.2, 0) is 26.2 Å². The highest BCUT2D eigenvalue weighted by Crippen LogP contribution is 2.49. The van der Waals surface area contributed by atoms with Crippen LogP contribution in [0.25, 0.3) is 11.0 Å². The normalized spacial score (nSPS) is 22.2. The Bertz CT molecular complexity index is 1820. The van der Waals surface area contributed by atoms with Gasteiger partial charge in [-0.05, 0) is 88.9 Å². The quantitative estimate of drug-likeness (QED) is 0.141. The number of hydrogen-bond acceptors (Lipinski definition) is 10. The minimum atomic E-state index is -1.15. The van der Waals surface area contributed by atoms with Gasteiger partial charge in [-0.1, -0.05) is 25.3 Å². The average molecular weight is 703 g/mol. The summed E-state index contributed by atoms with van der Waals surface area (Å²) in [5.41, 5.74) is 7.50. The lowest BCUT2D eigenvalue weighted by Crippen LogP contribution is -2.57. The maximum Gasteiger partial charge on any atom is 0.340 e. The van der Waals surface area contributed by atoms with Gasteiger partial charge in [0.05, 0.1) is 12.2 Å². The molecule has 2 fully saturated rings. The molecule has 51 heavy (non-hydrogen) atoms. The Morgan fingerprint density at radius 2 is 1.94 bits per heavy atom. The minimum Gasteiger partial charge on any atom is -0.482 e. The van der Waals surface area contributed by atoms with Gasteiger partial charge >= 0.3 is 11.6 Å². The predicted molar refractivity (Wildman–Crippen MR) is 196 cm³/mol. The van der Waals surface area contributed by atoms with Crippen LogP contribution in [0.3, 0.4) is 0 Å². The molecule has 0 bridgehead atoms. The molecule has 11 heteroatoms. The number of fused-ring (bicyclic) bond motifs is 2. The molecule has 4 aliphatic rings. The summed E-state index contributed by atoms with van der Waals surface area (Å²) in [5.74, 6) is 1.12. The van der Waals surface area contributed by atoms with Crippen LogP contribution in [0.2, 0.25) is 0 Å². The molecule has 4 heterocycles. The van der Waals surface area contributed by atoms with E-state index in [1.54, 1.807) is 26.0 Å². The zero-order valence-electron chi connectivity index (χ0n) is 30.8. The number of rotatable bonds is 12. The summed E-state index contributed by atoms with van der Waals surface area (Å²) >= 11 is 0. The standard InChI is InChI=1S/C40H54N4O7/c1-6-25(2)36(47)51-38(3,4)40(19-28-16-34(41)43-22-30(28)17-35(46)44-23-26(24-44)21-42-5)20-29-14-27-15-31(37(48)49-32(27)18-33(29)50-40)39(12-13-45)10-8-7-9-11-39/h6,14-16,18,26,42-43,45H,7-13,17,19-24,41H2,1-5H3. The molecule has 5 N–H and O–H groups in total. The number of likely N-dealkylation sites (tertiary alicyclic amines) is 1. The van der Waals surface area contributed by atoms with Crippen molar-refractivity contribution in [2.75, 3.05) is 39.8 Å². The van der Waals surface area contributed by atoms with Crippen molar-refractivity contribution in [3.05, 3.63) is 74.4 Å². The summed E-state index contributed by atoms with van der Waals surface area (Å²) in [4.78, 5) is 42.1. The molecule has 1 aromatic carbocycles. The second kappa shape index (κ2) is 14.5. The first-order chi connectivity index (χ1) is 24.3. The Morgan fingerprint density at radius 1 is 1.20 bits per heavy atom. The first-order valence-corrected chi connectivity index (χ1v) is 18.4. The maximum atomic E-state index is 13.5. The molecule has 11 nitrogen and oxygen atoms in total. The summed E-state index contributed by atoms with van der Waals surface area (Å²) in [7, 11) is 1.92. The smallest absolute Gasteiger partial charge is 0.340 e. The number of aliphatic hydroxyl groups is 1. The third kappa shape index (κ3) is 7.20. The Labute approximate surface area is 300 Å². The summed E-state index contributed by atoms with van der Waals surface area (Å²) in [6.45, 7) is 10.0. The van der Waals surface area contributed by atoms with Gasteiger partial charge in [0.1, 0.15) is 16.9 Å². The van der Waals surface area contributed by atoms with E-state index in [0.717, 1.165) is 73.8 Å². The van der Waals surface area contributed by atoms with Crippen LogP contribution in [0, 0.1) is 5.92 Å². The summed E-state index contributed by atoms with van der Waals surface area (Å²) < 4.78 is 19.2. The van der Waals surface area contributed by atoms with Gasteiger partial charge in [-0.2, -0.15) is 0 Å². The average Bonchev–Trinajstić information content (AvgIpc) is 3.44. The number of dihydropyridines is 1. The van der Waals surface area contributed by atoms with Gasteiger partial charge in [-0.15, -0.1) is 0 Å². The molecule has 1 saturated heterocycles. The van der Waals surface area contributed by atoms with E-state index < -0.39 is 22.6 Å². The van der Waals surface area contributed by atoms with Gasteiger partial charge in [0.2, 0.25) is 5.91 Å². The number of esters is 1. The Morgan fingerprint density at radius 3 is 2.63 bits per heavy atom. The SMILES string of the molecule is CC=C(C)C(=O)OC(C)(C)C1(CC2=C(CC(=O)N3CC(CNC)C3)CNC(N)=C2)Cc2cc3cc(C4(CCO)CCCCC4)c(=O)oc3cc2O1. The van der Waals surface area contributed by atoms with Crippen LogP contribution in [0.4, 0.5) is 0 Å². The van der Waals surface area contributed by atoms with Crippen molar-refractivity contribution >= 4 is 22.8 Å². The maximum absolute atomic E-state index is 13.5. The number of carbonyl (C=O) groups is 2. The fourth-order valence-electron chi connectivity index (χ4n) is 8.43. The minimum absolute atomic E-state index is 0.00528. The number of nitrogens with zero attached hydrogens (tertiary/aromatic N) is 1. The third-order valence-corrected chi connectivity index (χ3v) is 11.8. The Balaban J connectivity index is 1.38. The number of nitrogens with one attached hydrogen (secondary N) is 2. The van der Waals surface area contributed by atoms with E-state index >= 15 is 0 Å². The number of hydrogen-bond donors (Lipinski definition) is 4. The zero-order chi connectivity index (χ0) is 36.6. The molecule has 1 aliphatic carbocycles. The van der Waals surface area contributed by atoms with E-state index in [0.29, 0.717) is 60.0 Å². The summed E-state index contributed by atoms with van der Waals surface area (Å²) in [5, 5.41) is 17.2. The number of carbonyl (C=O) groups excluding carboxylic acids is 2. The second-order valence-corrected chi connectivity index (χ2v) is 15.6. The lowest BCUT2D eigenvalue weighted by atomic mass is 9.68.